The Kier molecular flexibility index (Phi) is 4.63. The molecule has 0 aliphatic rings. The molecule has 5 nitrogen and oxygen atoms in total. The summed E-state index contributed by atoms with van der Waals surface area (Å²) in [6.07, 6.45) is 1.51. The Hall–Kier alpha value is -2.18. The summed E-state index contributed by atoms with van der Waals surface area (Å²) in [4.78, 5) is 21.7. The zero-order chi connectivity index (χ0) is 15.0. The molecule has 0 bridgehead atoms. The molecule has 0 amide bonds. The summed E-state index contributed by atoms with van der Waals surface area (Å²) in [7, 11) is 0. The fourth-order valence-electron chi connectivity index (χ4n) is 2.14. The number of fused-ring (bicyclic) bond motifs is 1. The van der Waals surface area contributed by atoms with Gasteiger partial charge in [-0.2, -0.15) is 0 Å². The van der Waals surface area contributed by atoms with Crippen LogP contribution in [0.25, 0.3) is 10.2 Å². The molecule has 0 unspecified atom stereocenters. The van der Waals surface area contributed by atoms with Crippen molar-refractivity contribution in [1.29, 1.82) is 0 Å². The lowest BCUT2D eigenvalue weighted by molar-refractivity contribution is 0.0697. The quantitative estimate of drug-likeness (QED) is 0.751. The van der Waals surface area contributed by atoms with Crippen molar-refractivity contribution in [3.05, 3.63) is 46.6 Å². The van der Waals surface area contributed by atoms with E-state index in [0.717, 1.165) is 15.8 Å². The summed E-state index contributed by atoms with van der Waals surface area (Å²) in [5.74, 6) is -0.251. The molecule has 0 aliphatic carbocycles. The Labute approximate surface area is 137 Å². The van der Waals surface area contributed by atoms with E-state index in [0.29, 0.717) is 11.5 Å². The van der Waals surface area contributed by atoms with Gasteiger partial charge in [0.05, 0.1) is 10.9 Å². The van der Waals surface area contributed by atoms with Gasteiger partial charge in [-0.05, 0) is 37.6 Å². The largest absolute Gasteiger partial charge is 0.478 e. The van der Waals surface area contributed by atoms with Crippen molar-refractivity contribution in [3.8, 4) is 0 Å². The Morgan fingerprint density at radius 3 is 2.77 bits per heavy atom. The van der Waals surface area contributed by atoms with E-state index in [9.17, 15) is 4.79 Å². The van der Waals surface area contributed by atoms with E-state index in [2.05, 4.69) is 22.2 Å². The van der Waals surface area contributed by atoms with Gasteiger partial charge in [0.2, 0.25) is 0 Å². The highest BCUT2D eigenvalue weighted by Crippen LogP contribution is 2.33. The van der Waals surface area contributed by atoms with Crippen LogP contribution in [0.1, 0.15) is 20.8 Å². The first kappa shape index (κ1) is 16.2. The minimum atomic E-state index is -0.950. The van der Waals surface area contributed by atoms with Gasteiger partial charge in [0.15, 0.2) is 0 Å². The average Bonchev–Trinajstić information content (AvgIpc) is 2.75. The van der Waals surface area contributed by atoms with Crippen LogP contribution in [-0.4, -0.2) is 21.0 Å². The Morgan fingerprint density at radius 1 is 1.27 bits per heavy atom. The molecule has 0 saturated heterocycles. The first-order valence-electron chi connectivity index (χ1n) is 6.37. The van der Waals surface area contributed by atoms with Gasteiger partial charge in [-0.15, -0.1) is 23.7 Å². The van der Waals surface area contributed by atoms with Gasteiger partial charge in [-0.25, -0.2) is 14.8 Å². The highest BCUT2D eigenvalue weighted by atomic mass is 35.5. The number of benzene rings is 1. The molecule has 2 aromatic heterocycles. The van der Waals surface area contributed by atoms with Crippen LogP contribution in [0.2, 0.25) is 0 Å². The van der Waals surface area contributed by atoms with Gasteiger partial charge in [0, 0.05) is 10.6 Å². The molecular weight excluding hydrogens is 322 g/mol. The normalized spacial score (nSPS) is 10.3. The second-order valence-electron chi connectivity index (χ2n) is 4.70. The van der Waals surface area contributed by atoms with E-state index in [1.807, 2.05) is 13.0 Å². The molecule has 0 atom stereocenters. The number of anilines is 2. The maximum atomic E-state index is 11.0. The molecule has 0 fully saturated rings. The number of hydrogen-bond donors (Lipinski definition) is 2. The molecule has 0 radical (unpaired) electrons. The van der Waals surface area contributed by atoms with E-state index < -0.39 is 5.97 Å². The first-order chi connectivity index (χ1) is 10.1. The molecule has 2 heterocycles. The van der Waals surface area contributed by atoms with Crippen LogP contribution in [-0.2, 0) is 0 Å². The van der Waals surface area contributed by atoms with Gasteiger partial charge >= 0.3 is 5.97 Å². The number of thiophene rings is 1. The fraction of sp³-hybridized carbons (Fsp3) is 0.133. The molecule has 3 rings (SSSR count). The topological polar surface area (TPSA) is 75.1 Å². The molecule has 3 aromatic rings. The molecule has 2 N–H and O–H groups in total. The summed E-state index contributed by atoms with van der Waals surface area (Å²) in [6, 6.07) is 6.67. The maximum Gasteiger partial charge on any atom is 0.335 e. The van der Waals surface area contributed by atoms with Crippen LogP contribution >= 0.6 is 23.7 Å². The molecular formula is C15H14ClN3O2S. The lowest BCUT2D eigenvalue weighted by Gasteiger charge is -2.08. The van der Waals surface area contributed by atoms with Gasteiger partial charge in [0.1, 0.15) is 17.0 Å². The highest BCUT2D eigenvalue weighted by molar-refractivity contribution is 7.18. The van der Waals surface area contributed by atoms with Gasteiger partial charge < -0.3 is 10.4 Å². The van der Waals surface area contributed by atoms with E-state index in [-0.39, 0.29) is 18.0 Å². The van der Waals surface area contributed by atoms with E-state index >= 15 is 0 Å². The van der Waals surface area contributed by atoms with E-state index in [1.54, 1.807) is 29.5 Å². The maximum absolute atomic E-state index is 11.0. The van der Waals surface area contributed by atoms with Crippen molar-refractivity contribution in [2.45, 2.75) is 13.8 Å². The van der Waals surface area contributed by atoms with Crippen LogP contribution < -0.4 is 5.32 Å². The summed E-state index contributed by atoms with van der Waals surface area (Å²) in [5.41, 5.74) is 2.08. The summed E-state index contributed by atoms with van der Waals surface area (Å²) < 4.78 is 0. The van der Waals surface area contributed by atoms with E-state index in [4.69, 9.17) is 5.11 Å². The number of aryl methyl sites for hydroxylation is 2. The summed E-state index contributed by atoms with van der Waals surface area (Å²) in [5, 5.41) is 13.2. The Morgan fingerprint density at radius 2 is 2.05 bits per heavy atom. The monoisotopic (exact) mass is 335 g/mol. The molecule has 114 valence electrons. The van der Waals surface area contributed by atoms with Crippen LogP contribution in [0.4, 0.5) is 11.5 Å². The van der Waals surface area contributed by atoms with Crippen molar-refractivity contribution in [1.82, 2.24) is 9.97 Å². The zero-order valence-corrected chi connectivity index (χ0v) is 13.6. The van der Waals surface area contributed by atoms with Crippen molar-refractivity contribution >= 4 is 51.4 Å². The third-order valence-corrected chi connectivity index (χ3v) is 4.45. The number of nitrogens with zero attached hydrogens (tertiary/aromatic N) is 2. The zero-order valence-electron chi connectivity index (χ0n) is 12.0. The SMILES string of the molecule is Cc1sc2ncnc(Nc3cccc(C(=O)O)c3)c2c1C.Cl. The van der Waals surface area contributed by atoms with Crippen LogP contribution in [0.5, 0.6) is 0 Å². The van der Waals surface area contributed by atoms with Crippen molar-refractivity contribution in [3.63, 3.8) is 0 Å². The number of nitrogens with one attached hydrogen (secondary N) is 1. The third-order valence-electron chi connectivity index (χ3n) is 3.34. The third kappa shape index (κ3) is 2.88. The lowest BCUT2D eigenvalue weighted by atomic mass is 10.2. The minimum absolute atomic E-state index is 0. The molecule has 22 heavy (non-hydrogen) atoms. The first-order valence-corrected chi connectivity index (χ1v) is 7.19. The fourth-order valence-corrected chi connectivity index (χ4v) is 3.14. The molecule has 0 saturated carbocycles. The lowest BCUT2D eigenvalue weighted by Crippen LogP contribution is -1.99. The van der Waals surface area contributed by atoms with Crippen LogP contribution in [0.15, 0.2) is 30.6 Å². The number of aromatic carboxylic acids is 1. The van der Waals surface area contributed by atoms with Gasteiger partial charge in [-0.3, -0.25) is 0 Å². The minimum Gasteiger partial charge on any atom is -0.478 e. The van der Waals surface area contributed by atoms with Gasteiger partial charge in [-0.1, -0.05) is 6.07 Å². The predicted molar refractivity (Wildman–Crippen MR) is 90.8 cm³/mol. The second-order valence-corrected chi connectivity index (χ2v) is 5.90. The second kappa shape index (κ2) is 6.29. The molecule has 0 aliphatic heterocycles. The van der Waals surface area contributed by atoms with Crippen LogP contribution in [0, 0.1) is 13.8 Å². The molecule has 1 aromatic carbocycles. The van der Waals surface area contributed by atoms with Crippen molar-refractivity contribution < 1.29 is 9.90 Å². The number of carbonyl (C=O) groups is 1. The summed E-state index contributed by atoms with van der Waals surface area (Å²) in [6.45, 7) is 4.09. The van der Waals surface area contributed by atoms with Gasteiger partial charge in [0.25, 0.3) is 0 Å². The Balaban J connectivity index is 0.00000176. The Bertz CT molecular complexity index is 848. The number of rotatable bonds is 3. The number of aromatic nitrogens is 2. The van der Waals surface area contributed by atoms with Crippen molar-refractivity contribution in [2.24, 2.45) is 0 Å². The van der Waals surface area contributed by atoms with E-state index in [1.165, 1.54) is 11.2 Å². The highest BCUT2D eigenvalue weighted by Gasteiger charge is 2.12. The average molecular weight is 336 g/mol. The predicted octanol–water partition coefficient (Wildman–Crippen LogP) is 4.17. The molecule has 0 spiro atoms. The van der Waals surface area contributed by atoms with Crippen LogP contribution in [0.3, 0.4) is 0 Å². The number of carboxylic acids is 1. The molecule has 7 heteroatoms. The van der Waals surface area contributed by atoms with Crippen molar-refractivity contribution in [2.75, 3.05) is 5.32 Å². The smallest absolute Gasteiger partial charge is 0.335 e. The number of hydrogen-bond acceptors (Lipinski definition) is 5. The standard InChI is InChI=1S/C15H13N3O2S.ClH/c1-8-9(2)21-14-12(8)13(16-7-17-14)18-11-5-3-4-10(6-11)15(19)20;/h3-7H,1-2H3,(H,19,20)(H,16,17,18);1H. The number of halogens is 1. The summed E-state index contributed by atoms with van der Waals surface area (Å²) >= 11 is 1.63. The number of carboxylic acid groups (broad SMARTS) is 1.